The van der Waals surface area contributed by atoms with Crippen LogP contribution < -0.4 is 0 Å². The van der Waals surface area contributed by atoms with Crippen molar-refractivity contribution in [2.75, 3.05) is 0 Å². The van der Waals surface area contributed by atoms with Crippen LogP contribution >= 0.6 is 47.0 Å². The van der Waals surface area contributed by atoms with Gasteiger partial charge in [0.05, 0.1) is 8.47 Å². The second-order valence-electron chi connectivity index (χ2n) is 6.71. The van der Waals surface area contributed by atoms with Crippen molar-refractivity contribution in [2.45, 2.75) is 39.5 Å². The topological polar surface area (TPSA) is 0 Å². The van der Waals surface area contributed by atoms with Crippen molar-refractivity contribution in [2.24, 2.45) is 0 Å². The van der Waals surface area contributed by atoms with Crippen LogP contribution in [0.5, 0.6) is 0 Å². The highest BCUT2D eigenvalue weighted by Gasteiger charge is 2.28. The lowest BCUT2D eigenvalue weighted by Crippen LogP contribution is -1.86. The molecule has 0 fully saturated rings. The third-order valence-corrected chi connectivity index (χ3v) is 10.9. The van der Waals surface area contributed by atoms with E-state index in [-0.39, 0.29) is 0 Å². The molecule has 2 heterocycles. The summed E-state index contributed by atoms with van der Waals surface area (Å²) in [7, 11) is 0. The number of hydrogen-bond acceptors (Lipinski definition) is 4. The number of allylic oxidation sites excluding steroid dienone is 4. The van der Waals surface area contributed by atoms with Crippen LogP contribution in [-0.2, 0) is 12.8 Å². The van der Waals surface area contributed by atoms with Gasteiger partial charge in [-0.1, -0.05) is 122 Å². The summed E-state index contributed by atoms with van der Waals surface area (Å²) in [6.45, 7) is 4.57. The minimum Gasteiger partial charge on any atom is -0.0846 e. The molecule has 0 saturated heterocycles. The molecule has 2 aliphatic rings. The van der Waals surface area contributed by atoms with Crippen LogP contribution in [0.2, 0.25) is 0 Å². The van der Waals surface area contributed by atoms with Gasteiger partial charge in [0, 0.05) is 32.5 Å². The summed E-state index contributed by atoms with van der Waals surface area (Å²) in [5.41, 5.74) is 2.82. The molecule has 144 valence electrons. The molecule has 0 nitrogen and oxygen atoms in total. The molecule has 0 N–H and O–H groups in total. The number of benzene rings is 2. The maximum atomic E-state index is 2.28. The van der Waals surface area contributed by atoms with Gasteiger partial charge in [0.1, 0.15) is 0 Å². The second kappa shape index (κ2) is 9.71. The standard InChI is InChI=1S/C24H24S4/c1-3-19-21(15-17-11-7-5-8-12-17)27-23(25-19)24-26-20(4-2)22(28-24)16-18-13-9-6-10-14-18/h5-14H,3-4,15-16H2,1-2H3/b24-23-. The zero-order chi connectivity index (χ0) is 19.3. The number of hydrogen-bond donors (Lipinski definition) is 0. The molecule has 4 heteroatoms. The molecule has 28 heavy (non-hydrogen) atoms. The van der Waals surface area contributed by atoms with Crippen molar-refractivity contribution < 1.29 is 0 Å². The summed E-state index contributed by atoms with van der Waals surface area (Å²) in [6, 6.07) is 21.7. The zero-order valence-electron chi connectivity index (χ0n) is 16.2. The Kier molecular flexibility index (Phi) is 7.05. The highest BCUT2D eigenvalue weighted by atomic mass is 32.2. The van der Waals surface area contributed by atoms with E-state index in [0.717, 1.165) is 25.7 Å². The summed E-state index contributed by atoms with van der Waals surface area (Å²) in [5, 5.41) is 0. The lowest BCUT2D eigenvalue weighted by molar-refractivity contribution is 1.15. The Morgan fingerprint density at radius 1 is 0.500 bits per heavy atom. The molecular formula is C24H24S4. The third-order valence-electron chi connectivity index (χ3n) is 4.71. The minimum absolute atomic E-state index is 1.05. The van der Waals surface area contributed by atoms with Gasteiger partial charge in [-0.25, -0.2) is 0 Å². The first-order chi connectivity index (χ1) is 13.8. The van der Waals surface area contributed by atoms with E-state index >= 15 is 0 Å². The Bertz CT molecular complexity index is 846. The molecule has 0 radical (unpaired) electrons. The van der Waals surface area contributed by atoms with Crippen LogP contribution in [-0.4, -0.2) is 0 Å². The lowest BCUT2D eigenvalue weighted by atomic mass is 10.1. The van der Waals surface area contributed by atoms with Crippen LogP contribution in [0.25, 0.3) is 0 Å². The van der Waals surface area contributed by atoms with Gasteiger partial charge in [-0.2, -0.15) is 0 Å². The van der Waals surface area contributed by atoms with Crippen LogP contribution in [0.15, 0.2) is 88.8 Å². The summed E-state index contributed by atoms with van der Waals surface area (Å²) in [6.07, 6.45) is 4.35. The van der Waals surface area contributed by atoms with Crippen molar-refractivity contribution in [1.82, 2.24) is 0 Å². The predicted octanol–water partition coefficient (Wildman–Crippen LogP) is 8.80. The molecule has 4 rings (SSSR count). The van der Waals surface area contributed by atoms with Gasteiger partial charge >= 0.3 is 0 Å². The Labute approximate surface area is 185 Å². The first kappa shape index (κ1) is 20.3. The summed E-state index contributed by atoms with van der Waals surface area (Å²) in [5.74, 6) is 0. The molecular weight excluding hydrogens is 417 g/mol. The van der Waals surface area contributed by atoms with E-state index in [1.807, 2.05) is 47.0 Å². The van der Waals surface area contributed by atoms with Crippen molar-refractivity contribution in [3.63, 3.8) is 0 Å². The fourth-order valence-corrected chi connectivity index (χ4v) is 9.18. The summed E-state index contributed by atoms with van der Waals surface area (Å²) < 4.78 is 2.98. The van der Waals surface area contributed by atoms with Gasteiger partial charge in [-0.05, 0) is 24.0 Å². The average molecular weight is 441 g/mol. The monoisotopic (exact) mass is 440 g/mol. The van der Waals surface area contributed by atoms with Gasteiger partial charge in [-0.3, -0.25) is 0 Å². The second-order valence-corrected chi connectivity index (χ2v) is 11.6. The van der Waals surface area contributed by atoms with E-state index in [9.17, 15) is 0 Å². The summed E-state index contributed by atoms with van der Waals surface area (Å²) >= 11 is 8.04. The largest absolute Gasteiger partial charge is 0.0846 e. The van der Waals surface area contributed by atoms with Crippen molar-refractivity contribution in [3.8, 4) is 0 Å². The molecule has 2 aliphatic heterocycles. The van der Waals surface area contributed by atoms with E-state index in [1.165, 1.54) is 29.4 Å². The fraction of sp³-hybridized carbons (Fsp3) is 0.250. The van der Waals surface area contributed by atoms with E-state index in [4.69, 9.17) is 0 Å². The molecule has 0 saturated carbocycles. The zero-order valence-corrected chi connectivity index (χ0v) is 19.5. The van der Waals surface area contributed by atoms with E-state index < -0.39 is 0 Å². The van der Waals surface area contributed by atoms with Gasteiger partial charge in [-0.15, -0.1) is 0 Å². The van der Waals surface area contributed by atoms with E-state index in [0.29, 0.717) is 0 Å². The molecule has 0 bridgehead atoms. The van der Waals surface area contributed by atoms with E-state index in [1.54, 1.807) is 9.81 Å². The maximum Gasteiger partial charge on any atom is 0.0700 e. The molecule has 0 unspecified atom stereocenters. The Hall–Kier alpha value is -0.940. The molecule has 2 aromatic rings. The first-order valence-electron chi connectivity index (χ1n) is 9.74. The van der Waals surface area contributed by atoms with E-state index in [2.05, 4.69) is 74.5 Å². The number of thioether (sulfide) groups is 4. The molecule has 0 amide bonds. The predicted molar refractivity (Wildman–Crippen MR) is 132 cm³/mol. The Balaban J connectivity index is 1.50. The van der Waals surface area contributed by atoms with Gasteiger partial charge in [0.2, 0.25) is 0 Å². The van der Waals surface area contributed by atoms with Crippen LogP contribution in [0, 0.1) is 0 Å². The van der Waals surface area contributed by atoms with Gasteiger partial charge in [0.25, 0.3) is 0 Å². The Morgan fingerprint density at radius 3 is 1.21 bits per heavy atom. The summed E-state index contributed by atoms with van der Waals surface area (Å²) in [4.78, 5) is 6.17. The number of rotatable bonds is 6. The third kappa shape index (κ3) is 4.79. The molecule has 0 aliphatic carbocycles. The molecule has 0 spiro atoms. The van der Waals surface area contributed by atoms with Crippen molar-refractivity contribution >= 4 is 47.0 Å². The van der Waals surface area contributed by atoms with Crippen LogP contribution in [0.3, 0.4) is 0 Å². The van der Waals surface area contributed by atoms with Crippen LogP contribution in [0.1, 0.15) is 37.8 Å². The van der Waals surface area contributed by atoms with Gasteiger partial charge in [0.15, 0.2) is 0 Å². The highest BCUT2D eigenvalue weighted by molar-refractivity contribution is 8.34. The van der Waals surface area contributed by atoms with Crippen molar-refractivity contribution in [3.05, 3.63) is 99.9 Å². The smallest absolute Gasteiger partial charge is 0.0700 e. The highest BCUT2D eigenvalue weighted by Crippen LogP contribution is 2.61. The first-order valence-corrected chi connectivity index (χ1v) is 13.0. The maximum absolute atomic E-state index is 2.28. The van der Waals surface area contributed by atoms with Crippen molar-refractivity contribution in [1.29, 1.82) is 0 Å². The lowest BCUT2D eigenvalue weighted by Gasteiger charge is -2.05. The van der Waals surface area contributed by atoms with Gasteiger partial charge < -0.3 is 0 Å². The SMILES string of the molecule is CCC1=C(Cc2ccccc2)S/C(=C2/SC(CC)=C(Cc3ccccc3)S2)S1. The molecule has 0 atom stereocenters. The van der Waals surface area contributed by atoms with Crippen LogP contribution in [0.4, 0.5) is 0 Å². The normalized spacial score (nSPS) is 19.8. The minimum atomic E-state index is 1.05. The average Bonchev–Trinajstić information content (AvgIpc) is 3.33. The fourth-order valence-electron chi connectivity index (χ4n) is 3.25. The molecule has 0 aromatic heterocycles. The Morgan fingerprint density at radius 2 is 0.857 bits per heavy atom. The quantitative estimate of drug-likeness (QED) is 0.440. The molecule has 2 aromatic carbocycles.